The summed E-state index contributed by atoms with van der Waals surface area (Å²) in [5, 5.41) is 10.4. The van der Waals surface area contributed by atoms with Gasteiger partial charge in [-0.25, -0.2) is 0 Å². The third-order valence-electron chi connectivity index (χ3n) is 3.83. The van der Waals surface area contributed by atoms with E-state index in [1.165, 1.54) is 6.08 Å². The zero-order valence-corrected chi connectivity index (χ0v) is 13.0. The fourth-order valence-electron chi connectivity index (χ4n) is 2.35. The maximum Gasteiger partial charge on any atom is 0.246 e. The first-order valence-electron chi connectivity index (χ1n) is 7.00. The number of amides is 1. The molecule has 2 atom stereocenters. The molecule has 1 aliphatic heterocycles. The van der Waals surface area contributed by atoms with Crippen molar-refractivity contribution in [1.29, 1.82) is 0 Å². The van der Waals surface area contributed by atoms with Crippen molar-refractivity contribution in [1.82, 2.24) is 4.90 Å². The van der Waals surface area contributed by atoms with E-state index in [4.69, 9.17) is 16.3 Å². The lowest BCUT2D eigenvalue weighted by Crippen LogP contribution is -2.45. The summed E-state index contributed by atoms with van der Waals surface area (Å²) in [7, 11) is 1.57. The van der Waals surface area contributed by atoms with Crippen LogP contribution in [0.15, 0.2) is 24.3 Å². The van der Waals surface area contributed by atoms with Gasteiger partial charge in [-0.3, -0.25) is 4.79 Å². The maximum atomic E-state index is 12.2. The Morgan fingerprint density at radius 3 is 2.95 bits per heavy atom. The number of piperidine rings is 1. The standard InChI is InChI=1S/C16H20ClNO3/c1-11-7-8-18(10-14(11)19)16(20)6-3-12-9-13(17)4-5-15(12)21-2/h3-6,9,11,14,19H,7-8,10H2,1-2H3/b6-3+. The molecular weight excluding hydrogens is 290 g/mol. The van der Waals surface area contributed by atoms with E-state index in [2.05, 4.69) is 0 Å². The van der Waals surface area contributed by atoms with Gasteiger partial charge in [0.15, 0.2) is 0 Å². The van der Waals surface area contributed by atoms with Crippen molar-refractivity contribution < 1.29 is 14.6 Å². The number of aliphatic hydroxyl groups is 1. The molecule has 1 aromatic rings. The monoisotopic (exact) mass is 309 g/mol. The first-order chi connectivity index (χ1) is 10.0. The van der Waals surface area contributed by atoms with Gasteiger partial charge in [-0.05, 0) is 36.6 Å². The fraction of sp³-hybridized carbons (Fsp3) is 0.438. The molecule has 1 fully saturated rings. The number of aliphatic hydroxyl groups excluding tert-OH is 1. The molecular formula is C16H20ClNO3. The highest BCUT2D eigenvalue weighted by Gasteiger charge is 2.26. The number of hydrogen-bond donors (Lipinski definition) is 1. The van der Waals surface area contributed by atoms with Crippen LogP contribution in [0.2, 0.25) is 5.02 Å². The third-order valence-corrected chi connectivity index (χ3v) is 4.06. The normalized spacial score (nSPS) is 22.6. The number of nitrogens with zero attached hydrogens (tertiary/aromatic N) is 1. The van der Waals surface area contributed by atoms with Crippen LogP contribution in [-0.4, -0.2) is 42.2 Å². The number of methoxy groups -OCH3 is 1. The van der Waals surface area contributed by atoms with Crippen molar-refractivity contribution in [2.24, 2.45) is 5.92 Å². The average Bonchev–Trinajstić information content (AvgIpc) is 2.47. The molecule has 4 nitrogen and oxygen atoms in total. The number of hydrogen-bond acceptors (Lipinski definition) is 3. The minimum absolute atomic E-state index is 0.108. The van der Waals surface area contributed by atoms with Crippen LogP contribution in [0.3, 0.4) is 0 Å². The summed E-state index contributed by atoms with van der Waals surface area (Å²) >= 11 is 5.96. The van der Waals surface area contributed by atoms with Gasteiger partial charge in [-0.2, -0.15) is 0 Å². The van der Waals surface area contributed by atoms with E-state index in [1.54, 1.807) is 36.3 Å². The first kappa shape index (κ1) is 15.9. The van der Waals surface area contributed by atoms with Crippen molar-refractivity contribution >= 4 is 23.6 Å². The molecule has 1 saturated heterocycles. The zero-order chi connectivity index (χ0) is 15.4. The molecule has 0 bridgehead atoms. The molecule has 1 N–H and O–H groups in total. The fourth-order valence-corrected chi connectivity index (χ4v) is 2.53. The van der Waals surface area contributed by atoms with E-state index >= 15 is 0 Å². The second kappa shape index (κ2) is 6.96. The number of rotatable bonds is 3. The molecule has 0 radical (unpaired) electrons. The van der Waals surface area contributed by atoms with Crippen molar-refractivity contribution in [3.63, 3.8) is 0 Å². The number of ether oxygens (including phenoxy) is 1. The second-order valence-electron chi connectivity index (χ2n) is 5.34. The smallest absolute Gasteiger partial charge is 0.246 e. The summed E-state index contributed by atoms with van der Waals surface area (Å²) in [4.78, 5) is 13.8. The quantitative estimate of drug-likeness (QED) is 0.873. The minimum atomic E-state index is -0.447. The van der Waals surface area contributed by atoms with E-state index in [0.29, 0.717) is 23.9 Å². The molecule has 1 aromatic carbocycles. The summed E-state index contributed by atoms with van der Waals surface area (Å²) in [5.41, 5.74) is 0.754. The number of β-amino-alcohol motifs (C(OH)–C–C–N with tert-alkyl or cyclic N) is 1. The minimum Gasteiger partial charge on any atom is -0.496 e. The van der Waals surface area contributed by atoms with Gasteiger partial charge in [0.1, 0.15) is 5.75 Å². The highest BCUT2D eigenvalue weighted by Crippen LogP contribution is 2.24. The van der Waals surface area contributed by atoms with Gasteiger partial charge in [0.05, 0.1) is 13.2 Å². The molecule has 114 valence electrons. The molecule has 0 saturated carbocycles. The van der Waals surface area contributed by atoms with Crippen LogP contribution in [0.1, 0.15) is 18.9 Å². The molecule has 0 aliphatic carbocycles. The van der Waals surface area contributed by atoms with Crippen molar-refractivity contribution in [3.8, 4) is 5.75 Å². The Morgan fingerprint density at radius 1 is 1.52 bits per heavy atom. The summed E-state index contributed by atoms with van der Waals surface area (Å²) in [6.45, 7) is 3.06. The third kappa shape index (κ3) is 3.99. The van der Waals surface area contributed by atoms with Crippen molar-refractivity contribution in [3.05, 3.63) is 34.9 Å². The lowest BCUT2D eigenvalue weighted by Gasteiger charge is -2.33. The van der Waals surface area contributed by atoms with Crippen LogP contribution in [0.5, 0.6) is 5.75 Å². The molecule has 1 aliphatic rings. The van der Waals surface area contributed by atoms with Gasteiger partial charge in [-0.15, -0.1) is 0 Å². The molecule has 2 unspecified atom stereocenters. The molecule has 1 heterocycles. The van der Waals surface area contributed by atoms with Crippen molar-refractivity contribution in [2.45, 2.75) is 19.4 Å². The summed E-state index contributed by atoms with van der Waals surface area (Å²) in [6, 6.07) is 5.25. The van der Waals surface area contributed by atoms with E-state index in [-0.39, 0.29) is 11.8 Å². The van der Waals surface area contributed by atoms with Crippen LogP contribution < -0.4 is 4.74 Å². The van der Waals surface area contributed by atoms with E-state index < -0.39 is 6.10 Å². The largest absolute Gasteiger partial charge is 0.496 e. The molecule has 2 rings (SSSR count). The summed E-state index contributed by atoms with van der Waals surface area (Å²) in [6.07, 6.45) is 3.56. The predicted molar refractivity (Wildman–Crippen MR) is 83.4 cm³/mol. The van der Waals surface area contributed by atoms with Gasteiger partial charge < -0.3 is 14.7 Å². The highest BCUT2D eigenvalue weighted by atomic mass is 35.5. The van der Waals surface area contributed by atoms with Crippen molar-refractivity contribution in [2.75, 3.05) is 20.2 Å². The molecule has 1 amide bonds. The summed E-state index contributed by atoms with van der Waals surface area (Å²) in [5.74, 6) is 0.796. The Hall–Kier alpha value is -1.52. The van der Waals surface area contributed by atoms with Crippen LogP contribution in [0.25, 0.3) is 6.08 Å². The lowest BCUT2D eigenvalue weighted by atomic mass is 9.96. The number of carbonyl (C=O) groups is 1. The van der Waals surface area contributed by atoms with Gasteiger partial charge in [0.25, 0.3) is 0 Å². The van der Waals surface area contributed by atoms with Gasteiger partial charge >= 0.3 is 0 Å². The maximum absolute atomic E-state index is 12.2. The van der Waals surface area contributed by atoms with Crippen LogP contribution in [0, 0.1) is 5.92 Å². The Bertz CT molecular complexity index is 544. The molecule has 21 heavy (non-hydrogen) atoms. The highest BCUT2D eigenvalue weighted by molar-refractivity contribution is 6.30. The van der Waals surface area contributed by atoms with Gasteiger partial charge in [-0.1, -0.05) is 18.5 Å². The van der Waals surface area contributed by atoms with Gasteiger partial charge in [0.2, 0.25) is 5.91 Å². The Kier molecular flexibility index (Phi) is 5.26. The molecule has 5 heteroatoms. The Labute approximate surface area is 130 Å². The van der Waals surface area contributed by atoms with Crippen LogP contribution >= 0.6 is 11.6 Å². The van der Waals surface area contributed by atoms with Crippen LogP contribution in [0.4, 0.5) is 0 Å². The van der Waals surface area contributed by atoms with E-state index in [0.717, 1.165) is 12.0 Å². The predicted octanol–water partition coefficient (Wildman–Crippen LogP) is 2.59. The Balaban J connectivity index is 2.07. The first-order valence-corrected chi connectivity index (χ1v) is 7.37. The topological polar surface area (TPSA) is 49.8 Å². The van der Waals surface area contributed by atoms with E-state index in [1.807, 2.05) is 6.92 Å². The van der Waals surface area contributed by atoms with E-state index in [9.17, 15) is 9.90 Å². The number of likely N-dealkylation sites (tertiary alicyclic amines) is 1. The summed E-state index contributed by atoms with van der Waals surface area (Å²) < 4.78 is 5.23. The number of halogens is 1. The second-order valence-corrected chi connectivity index (χ2v) is 5.77. The van der Waals surface area contributed by atoms with Gasteiger partial charge in [0, 0.05) is 29.8 Å². The average molecular weight is 310 g/mol. The zero-order valence-electron chi connectivity index (χ0n) is 12.3. The molecule has 0 spiro atoms. The Morgan fingerprint density at radius 2 is 2.29 bits per heavy atom. The van der Waals surface area contributed by atoms with Crippen LogP contribution in [-0.2, 0) is 4.79 Å². The number of benzene rings is 1. The lowest BCUT2D eigenvalue weighted by molar-refractivity contribution is -0.130. The SMILES string of the molecule is COc1ccc(Cl)cc1/C=C/C(=O)N1CCC(C)C(O)C1. The molecule has 0 aromatic heterocycles. The number of carbonyl (C=O) groups excluding carboxylic acids is 1.